The summed E-state index contributed by atoms with van der Waals surface area (Å²) in [6.45, 7) is 4.34. The fourth-order valence-electron chi connectivity index (χ4n) is 3.29. The molecule has 4 nitrogen and oxygen atoms in total. The van der Waals surface area contributed by atoms with Crippen LogP contribution in [0.5, 0.6) is 0 Å². The van der Waals surface area contributed by atoms with Crippen molar-refractivity contribution >= 4 is 24.2 Å². The first-order valence-corrected chi connectivity index (χ1v) is 8.99. The third-order valence-electron chi connectivity index (χ3n) is 4.55. The fourth-order valence-corrected chi connectivity index (χ4v) is 3.29. The Bertz CT molecular complexity index is 985. The Morgan fingerprint density at radius 1 is 0.821 bits per heavy atom. The second-order valence-electron chi connectivity index (χ2n) is 6.82. The number of hydrogen-bond donors (Lipinski definition) is 0. The van der Waals surface area contributed by atoms with Gasteiger partial charge in [-0.25, -0.2) is 0 Å². The summed E-state index contributed by atoms with van der Waals surface area (Å²) in [7, 11) is 0. The smallest absolute Gasteiger partial charge is 0.291 e. The summed E-state index contributed by atoms with van der Waals surface area (Å²) in [5, 5.41) is 0. The van der Waals surface area contributed by atoms with Crippen LogP contribution in [0.1, 0.15) is 27.0 Å². The molecule has 0 bridgehead atoms. The Kier molecular flexibility index (Phi) is 5.80. The van der Waals surface area contributed by atoms with E-state index in [1.54, 1.807) is 12.1 Å². The van der Waals surface area contributed by atoms with Gasteiger partial charge in [-0.05, 0) is 42.7 Å². The maximum Gasteiger partial charge on any atom is 0.291 e. The van der Waals surface area contributed by atoms with Crippen LogP contribution in [-0.4, -0.2) is 18.5 Å². The van der Waals surface area contributed by atoms with Gasteiger partial charge >= 0.3 is 0 Å². The number of aryl methyl sites for hydroxylation is 2. The van der Waals surface area contributed by atoms with Crippen molar-refractivity contribution < 1.29 is 14.4 Å². The Morgan fingerprint density at radius 2 is 1.36 bits per heavy atom. The van der Waals surface area contributed by atoms with Crippen LogP contribution in [-0.2, 0) is 16.1 Å². The van der Waals surface area contributed by atoms with Crippen molar-refractivity contribution in [1.82, 2.24) is 0 Å². The average molecular weight is 371 g/mol. The summed E-state index contributed by atoms with van der Waals surface area (Å²) in [5.41, 5.74) is 6.42. The van der Waals surface area contributed by atoms with Gasteiger partial charge < -0.3 is 4.90 Å². The predicted octanol–water partition coefficient (Wildman–Crippen LogP) is 4.52. The van der Waals surface area contributed by atoms with Crippen molar-refractivity contribution in [3.8, 4) is 11.1 Å². The van der Waals surface area contributed by atoms with E-state index >= 15 is 0 Å². The van der Waals surface area contributed by atoms with Crippen molar-refractivity contribution in [2.24, 2.45) is 0 Å². The number of amides is 1. The zero-order valence-electron chi connectivity index (χ0n) is 15.9. The minimum Gasteiger partial charge on any atom is -0.302 e. The normalized spacial score (nSPS) is 10.4. The van der Waals surface area contributed by atoms with Gasteiger partial charge in [0.15, 0.2) is 0 Å². The molecule has 0 spiro atoms. The second-order valence-corrected chi connectivity index (χ2v) is 6.82. The first-order chi connectivity index (χ1) is 13.5. The largest absolute Gasteiger partial charge is 0.302 e. The van der Waals surface area contributed by atoms with Crippen molar-refractivity contribution in [3.05, 3.63) is 89.0 Å². The molecule has 0 heterocycles. The van der Waals surface area contributed by atoms with E-state index in [1.807, 2.05) is 62.4 Å². The SMILES string of the molecule is Cc1cc(C)cc(CN(C(=O)C=O)c2ccc(-c3ccc(C=O)cc3)cc2)c1. The molecule has 1 amide bonds. The Labute approximate surface area is 164 Å². The minimum atomic E-state index is -0.581. The number of carbonyl (C=O) groups is 3. The third kappa shape index (κ3) is 4.41. The predicted molar refractivity (Wildman–Crippen MR) is 110 cm³/mol. The van der Waals surface area contributed by atoms with Crippen molar-refractivity contribution in [2.45, 2.75) is 20.4 Å². The molecule has 0 N–H and O–H groups in total. The van der Waals surface area contributed by atoms with Gasteiger partial charge in [0.1, 0.15) is 6.29 Å². The third-order valence-corrected chi connectivity index (χ3v) is 4.55. The molecule has 3 aromatic rings. The number of benzene rings is 3. The summed E-state index contributed by atoms with van der Waals surface area (Å²) in [6, 6.07) is 20.8. The molecule has 0 unspecified atom stereocenters. The summed E-state index contributed by atoms with van der Waals surface area (Å²) in [4.78, 5) is 35.7. The molecule has 4 heteroatoms. The van der Waals surface area contributed by atoms with Crippen LogP contribution in [0.25, 0.3) is 11.1 Å². The van der Waals surface area contributed by atoms with Crippen LogP contribution >= 0.6 is 0 Å². The van der Waals surface area contributed by atoms with Gasteiger partial charge in [-0.3, -0.25) is 14.4 Å². The lowest BCUT2D eigenvalue weighted by Crippen LogP contribution is -2.31. The minimum absolute atomic E-state index is 0.327. The topological polar surface area (TPSA) is 54.5 Å². The highest BCUT2D eigenvalue weighted by atomic mass is 16.2. The van der Waals surface area contributed by atoms with Gasteiger partial charge in [0.05, 0.1) is 6.54 Å². The van der Waals surface area contributed by atoms with E-state index in [-0.39, 0.29) is 0 Å². The second kappa shape index (κ2) is 8.44. The van der Waals surface area contributed by atoms with Gasteiger partial charge in [0.2, 0.25) is 6.29 Å². The highest BCUT2D eigenvalue weighted by molar-refractivity contribution is 6.30. The highest BCUT2D eigenvalue weighted by Gasteiger charge is 2.16. The lowest BCUT2D eigenvalue weighted by atomic mass is 10.0. The summed E-state index contributed by atoms with van der Waals surface area (Å²) < 4.78 is 0. The molecule has 0 atom stereocenters. The molecule has 140 valence electrons. The van der Waals surface area contributed by atoms with Crippen LogP contribution in [0.3, 0.4) is 0 Å². The number of rotatable bonds is 6. The Hall–Kier alpha value is -3.53. The molecule has 0 radical (unpaired) electrons. The highest BCUT2D eigenvalue weighted by Crippen LogP contribution is 2.25. The monoisotopic (exact) mass is 371 g/mol. The summed E-state index contributed by atoms with van der Waals surface area (Å²) in [6.07, 6.45) is 1.15. The quantitative estimate of drug-likeness (QED) is 0.473. The molecule has 0 aliphatic rings. The molecule has 0 saturated heterocycles. The van der Waals surface area contributed by atoms with Crippen molar-refractivity contribution in [2.75, 3.05) is 4.90 Å². The van der Waals surface area contributed by atoms with E-state index in [1.165, 1.54) is 4.90 Å². The number of carbonyl (C=O) groups excluding carboxylic acids is 3. The van der Waals surface area contributed by atoms with Gasteiger partial charge in [0, 0.05) is 11.3 Å². The average Bonchev–Trinajstić information content (AvgIpc) is 2.71. The Balaban J connectivity index is 1.88. The van der Waals surface area contributed by atoms with Crippen molar-refractivity contribution in [3.63, 3.8) is 0 Å². The van der Waals surface area contributed by atoms with Crippen LogP contribution < -0.4 is 4.90 Å². The zero-order chi connectivity index (χ0) is 20.1. The first-order valence-electron chi connectivity index (χ1n) is 8.99. The lowest BCUT2D eigenvalue weighted by Gasteiger charge is -2.21. The Morgan fingerprint density at radius 3 is 1.86 bits per heavy atom. The maximum absolute atomic E-state index is 12.2. The molecule has 28 heavy (non-hydrogen) atoms. The molecular weight excluding hydrogens is 350 g/mol. The molecule has 0 aromatic heterocycles. The summed E-state index contributed by atoms with van der Waals surface area (Å²) >= 11 is 0. The van der Waals surface area contributed by atoms with Gasteiger partial charge in [0.25, 0.3) is 5.91 Å². The van der Waals surface area contributed by atoms with Gasteiger partial charge in [-0.1, -0.05) is 65.7 Å². The van der Waals surface area contributed by atoms with Gasteiger partial charge in [-0.15, -0.1) is 0 Å². The maximum atomic E-state index is 12.2. The van der Waals surface area contributed by atoms with Gasteiger partial charge in [-0.2, -0.15) is 0 Å². The molecule has 0 aliphatic carbocycles. The number of nitrogens with zero attached hydrogens (tertiary/aromatic N) is 1. The summed E-state index contributed by atoms with van der Waals surface area (Å²) in [5.74, 6) is -0.581. The van der Waals surface area contributed by atoms with E-state index in [9.17, 15) is 14.4 Å². The standard InChI is InChI=1S/C24H21NO3/c1-17-11-18(2)13-20(12-17)14-25(24(28)16-27)23-9-7-22(8-10-23)21-5-3-19(15-26)4-6-21/h3-13,15-16H,14H2,1-2H3. The number of hydrogen-bond acceptors (Lipinski definition) is 3. The molecule has 3 rings (SSSR count). The van der Waals surface area contributed by atoms with E-state index in [2.05, 4.69) is 6.07 Å². The number of anilines is 1. The molecular formula is C24H21NO3. The number of aldehydes is 2. The van der Waals surface area contributed by atoms with E-state index in [4.69, 9.17) is 0 Å². The van der Waals surface area contributed by atoms with E-state index in [0.29, 0.717) is 24.1 Å². The molecule has 0 aliphatic heterocycles. The molecule has 0 saturated carbocycles. The van der Waals surface area contributed by atoms with E-state index < -0.39 is 5.91 Å². The van der Waals surface area contributed by atoms with Crippen molar-refractivity contribution in [1.29, 1.82) is 0 Å². The zero-order valence-corrected chi connectivity index (χ0v) is 15.9. The first kappa shape index (κ1) is 19.2. The lowest BCUT2D eigenvalue weighted by molar-refractivity contribution is -0.129. The van der Waals surface area contributed by atoms with E-state index in [0.717, 1.165) is 34.1 Å². The fraction of sp³-hybridized carbons (Fsp3) is 0.125. The molecule has 3 aromatic carbocycles. The van der Waals surface area contributed by atoms with Crippen LogP contribution in [0.4, 0.5) is 5.69 Å². The van der Waals surface area contributed by atoms with Crippen LogP contribution in [0.15, 0.2) is 66.7 Å². The van der Waals surface area contributed by atoms with Crippen LogP contribution in [0, 0.1) is 13.8 Å². The van der Waals surface area contributed by atoms with Crippen LogP contribution in [0.2, 0.25) is 0 Å². The molecule has 0 fully saturated rings.